The minimum absolute atomic E-state index is 0.0412. The number of primary amides is 1. The molecule has 7 nitrogen and oxygen atoms in total. The first-order chi connectivity index (χ1) is 9.72. The zero-order valence-electron chi connectivity index (χ0n) is 11.6. The molecule has 1 rings (SSSR count). The molecule has 0 aliphatic heterocycles. The van der Waals surface area contributed by atoms with Crippen LogP contribution in [0.5, 0.6) is 0 Å². The number of urea groups is 1. The predicted octanol–water partition coefficient (Wildman–Crippen LogP) is 1.87. The highest BCUT2D eigenvalue weighted by Gasteiger charge is 2.20. The number of aromatic carboxylic acids is 1. The average molecular weight is 358 g/mol. The number of carboxylic acid groups (broad SMARTS) is 1. The molecule has 0 radical (unpaired) electrons. The van der Waals surface area contributed by atoms with Gasteiger partial charge in [-0.2, -0.15) is 0 Å². The van der Waals surface area contributed by atoms with Crippen LogP contribution in [0.25, 0.3) is 0 Å². The number of carboxylic acids is 1. The molecule has 0 saturated heterocycles. The smallest absolute Gasteiger partial charge is 0.335 e. The second-order valence-electron chi connectivity index (χ2n) is 4.62. The van der Waals surface area contributed by atoms with Crippen molar-refractivity contribution in [2.24, 2.45) is 5.73 Å². The lowest BCUT2D eigenvalue weighted by atomic mass is 10.2. The van der Waals surface area contributed by atoms with Gasteiger partial charge in [0.2, 0.25) is 5.91 Å². The normalized spacial score (nSPS) is 10.3. The van der Waals surface area contributed by atoms with Crippen molar-refractivity contribution in [1.82, 2.24) is 4.90 Å². The van der Waals surface area contributed by atoms with Gasteiger partial charge in [-0.1, -0.05) is 0 Å². The van der Waals surface area contributed by atoms with E-state index in [2.05, 4.69) is 21.2 Å². The monoisotopic (exact) mass is 357 g/mol. The van der Waals surface area contributed by atoms with Gasteiger partial charge in [0.25, 0.3) is 0 Å². The van der Waals surface area contributed by atoms with Crippen molar-refractivity contribution < 1.29 is 19.5 Å². The summed E-state index contributed by atoms with van der Waals surface area (Å²) in [6, 6.07) is 3.48. The van der Waals surface area contributed by atoms with Gasteiger partial charge >= 0.3 is 12.0 Å². The lowest BCUT2D eigenvalue weighted by Crippen LogP contribution is -2.45. The molecule has 0 aromatic heterocycles. The molecule has 0 bridgehead atoms. The Morgan fingerprint density at radius 1 is 1.38 bits per heavy atom. The SMILES string of the molecule is CC(C)N(CC(N)=O)C(=O)Nc1cc(C(=O)O)ccc1Br. The Labute approximate surface area is 130 Å². The maximum Gasteiger partial charge on any atom is 0.335 e. The van der Waals surface area contributed by atoms with Gasteiger partial charge in [0.1, 0.15) is 6.54 Å². The predicted molar refractivity (Wildman–Crippen MR) is 81.2 cm³/mol. The quantitative estimate of drug-likeness (QED) is 0.746. The second kappa shape index (κ2) is 7.07. The van der Waals surface area contributed by atoms with Crippen molar-refractivity contribution in [2.45, 2.75) is 19.9 Å². The van der Waals surface area contributed by atoms with Crippen LogP contribution >= 0.6 is 15.9 Å². The van der Waals surface area contributed by atoms with Crippen LogP contribution in [0.3, 0.4) is 0 Å². The summed E-state index contributed by atoms with van der Waals surface area (Å²) in [6.45, 7) is 3.26. The first-order valence-corrected chi connectivity index (χ1v) is 6.90. The fraction of sp³-hybridized carbons (Fsp3) is 0.308. The van der Waals surface area contributed by atoms with Crippen molar-refractivity contribution in [1.29, 1.82) is 0 Å². The number of amides is 3. The Kier molecular flexibility index (Phi) is 5.71. The summed E-state index contributed by atoms with van der Waals surface area (Å²) in [7, 11) is 0. The number of carbonyl (C=O) groups is 3. The Hall–Kier alpha value is -2.09. The van der Waals surface area contributed by atoms with Gasteiger partial charge in [-0.25, -0.2) is 9.59 Å². The summed E-state index contributed by atoms with van der Waals surface area (Å²) >= 11 is 3.23. The van der Waals surface area contributed by atoms with Crippen LogP contribution < -0.4 is 11.1 Å². The molecular formula is C13H16BrN3O4. The summed E-state index contributed by atoms with van der Waals surface area (Å²) in [5, 5.41) is 11.5. The molecular weight excluding hydrogens is 342 g/mol. The highest BCUT2D eigenvalue weighted by molar-refractivity contribution is 9.10. The maximum absolute atomic E-state index is 12.2. The third-order valence-corrected chi connectivity index (χ3v) is 3.36. The number of rotatable bonds is 5. The van der Waals surface area contributed by atoms with Crippen LogP contribution in [0.15, 0.2) is 22.7 Å². The van der Waals surface area contributed by atoms with Crippen molar-refractivity contribution >= 4 is 39.5 Å². The van der Waals surface area contributed by atoms with Gasteiger partial charge in [-0.15, -0.1) is 0 Å². The number of nitrogens with two attached hydrogens (primary N) is 1. The van der Waals surface area contributed by atoms with E-state index in [0.29, 0.717) is 10.2 Å². The number of hydrogen-bond donors (Lipinski definition) is 3. The van der Waals surface area contributed by atoms with Crippen LogP contribution in [0.1, 0.15) is 24.2 Å². The Morgan fingerprint density at radius 3 is 2.48 bits per heavy atom. The molecule has 0 saturated carbocycles. The summed E-state index contributed by atoms with van der Waals surface area (Å²) in [5.41, 5.74) is 5.45. The zero-order chi connectivity index (χ0) is 16.2. The Bertz CT molecular complexity index is 575. The van der Waals surface area contributed by atoms with E-state index in [1.165, 1.54) is 23.1 Å². The molecule has 1 aromatic rings. The van der Waals surface area contributed by atoms with E-state index in [0.717, 1.165) is 0 Å². The first kappa shape index (κ1) is 17.0. The maximum atomic E-state index is 12.2. The Morgan fingerprint density at radius 2 is 2.00 bits per heavy atom. The van der Waals surface area contributed by atoms with Crippen LogP contribution in [0.2, 0.25) is 0 Å². The second-order valence-corrected chi connectivity index (χ2v) is 5.47. The number of halogens is 1. The zero-order valence-corrected chi connectivity index (χ0v) is 13.2. The number of nitrogens with zero attached hydrogens (tertiary/aromatic N) is 1. The average Bonchev–Trinajstić information content (AvgIpc) is 2.37. The summed E-state index contributed by atoms with van der Waals surface area (Å²) in [4.78, 5) is 35.3. The van der Waals surface area contributed by atoms with Crippen LogP contribution in [0.4, 0.5) is 10.5 Å². The van der Waals surface area contributed by atoms with Gasteiger partial charge < -0.3 is 21.1 Å². The van der Waals surface area contributed by atoms with Crippen molar-refractivity contribution in [2.75, 3.05) is 11.9 Å². The highest BCUT2D eigenvalue weighted by Crippen LogP contribution is 2.24. The molecule has 21 heavy (non-hydrogen) atoms. The highest BCUT2D eigenvalue weighted by atomic mass is 79.9. The molecule has 0 atom stereocenters. The van der Waals surface area contributed by atoms with Crippen molar-refractivity contribution in [3.63, 3.8) is 0 Å². The molecule has 0 spiro atoms. The van der Waals surface area contributed by atoms with Gasteiger partial charge in [0.15, 0.2) is 0 Å². The van der Waals surface area contributed by atoms with Crippen LogP contribution in [0, 0.1) is 0 Å². The number of carbonyl (C=O) groups excluding carboxylic acids is 2. The molecule has 3 amide bonds. The molecule has 0 aliphatic rings. The van der Waals surface area contributed by atoms with Gasteiger partial charge in [0.05, 0.1) is 11.3 Å². The molecule has 114 valence electrons. The largest absolute Gasteiger partial charge is 0.478 e. The van der Waals surface area contributed by atoms with E-state index in [9.17, 15) is 14.4 Å². The van der Waals surface area contributed by atoms with Crippen LogP contribution in [-0.2, 0) is 4.79 Å². The van der Waals surface area contributed by atoms with Crippen LogP contribution in [-0.4, -0.2) is 40.5 Å². The lowest BCUT2D eigenvalue weighted by Gasteiger charge is -2.25. The van der Waals surface area contributed by atoms with Crippen molar-refractivity contribution in [3.8, 4) is 0 Å². The fourth-order valence-corrected chi connectivity index (χ4v) is 1.94. The van der Waals surface area contributed by atoms with Crippen molar-refractivity contribution in [3.05, 3.63) is 28.2 Å². The molecule has 0 unspecified atom stereocenters. The minimum Gasteiger partial charge on any atom is -0.478 e. The topological polar surface area (TPSA) is 113 Å². The molecule has 4 N–H and O–H groups in total. The minimum atomic E-state index is -1.10. The lowest BCUT2D eigenvalue weighted by molar-refractivity contribution is -0.118. The summed E-state index contributed by atoms with van der Waals surface area (Å²) in [5.74, 6) is -1.73. The summed E-state index contributed by atoms with van der Waals surface area (Å²) in [6.07, 6.45) is 0. The Balaban J connectivity index is 2.97. The van der Waals surface area contributed by atoms with E-state index in [-0.39, 0.29) is 18.2 Å². The molecule has 0 fully saturated rings. The number of benzene rings is 1. The van der Waals surface area contributed by atoms with E-state index in [4.69, 9.17) is 10.8 Å². The standard InChI is InChI=1S/C13H16BrN3O4/c1-7(2)17(6-11(15)18)13(21)16-10-5-8(12(19)20)3-4-9(10)14/h3-5,7H,6H2,1-2H3,(H2,15,18)(H,16,21)(H,19,20). The fourth-order valence-electron chi connectivity index (χ4n) is 1.60. The van der Waals surface area contributed by atoms with Gasteiger partial charge in [-0.3, -0.25) is 4.79 Å². The number of nitrogens with one attached hydrogen (secondary N) is 1. The first-order valence-electron chi connectivity index (χ1n) is 6.11. The summed E-state index contributed by atoms with van der Waals surface area (Å²) < 4.78 is 0.531. The third kappa shape index (κ3) is 4.75. The molecule has 1 aromatic carbocycles. The van der Waals surface area contributed by atoms with E-state index in [1.54, 1.807) is 13.8 Å². The number of hydrogen-bond acceptors (Lipinski definition) is 3. The van der Waals surface area contributed by atoms with Gasteiger partial charge in [-0.05, 0) is 48.0 Å². The van der Waals surface area contributed by atoms with Gasteiger partial charge in [0, 0.05) is 10.5 Å². The number of anilines is 1. The van der Waals surface area contributed by atoms with E-state index < -0.39 is 17.9 Å². The molecule has 0 heterocycles. The molecule has 0 aliphatic carbocycles. The molecule has 8 heteroatoms. The third-order valence-electron chi connectivity index (χ3n) is 2.67. The van der Waals surface area contributed by atoms with E-state index >= 15 is 0 Å². The van der Waals surface area contributed by atoms with E-state index in [1.807, 2.05) is 0 Å².